The van der Waals surface area contributed by atoms with Crippen molar-refractivity contribution in [1.82, 2.24) is 0 Å². The van der Waals surface area contributed by atoms with E-state index in [4.69, 9.17) is 16.7 Å². The largest absolute Gasteiger partial charge is 0.481 e. The Morgan fingerprint density at radius 1 is 1.47 bits per heavy atom. The molecule has 0 aliphatic heterocycles. The Balaban J connectivity index is 2.47. The number of benzene rings is 1. The van der Waals surface area contributed by atoms with Gasteiger partial charge in [-0.25, -0.2) is 0 Å². The molecule has 0 radical (unpaired) electrons. The summed E-state index contributed by atoms with van der Waals surface area (Å²) in [7, 11) is -1.51. The van der Waals surface area contributed by atoms with Gasteiger partial charge in [0.25, 0.3) is 0 Å². The van der Waals surface area contributed by atoms with Crippen LogP contribution >= 0.6 is 11.6 Å². The van der Waals surface area contributed by atoms with Gasteiger partial charge in [-0.05, 0) is 18.2 Å². The molecule has 2 unspecified atom stereocenters. The Hall–Kier alpha value is -1.40. The van der Waals surface area contributed by atoms with E-state index in [1.807, 2.05) is 0 Å². The van der Waals surface area contributed by atoms with Crippen molar-refractivity contribution in [3.05, 3.63) is 29.3 Å². The van der Waals surface area contributed by atoms with Crippen molar-refractivity contribution in [1.29, 1.82) is 0 Å². The lowest BCUT2D eigenvalue weighted by Gasteiger charge is -2.07. The van der Waals surface area contributed by atoms with Crippen molar-refractivity contribution in [2.45, 2.75) is 6.92 Å². The molecule has 0 fully saturated rings. The standard InChI is InChI=1S/C12H14ClNO4S/c1-8(12(16)17)6-19(18)7-11(15)14-10-4-2-3-9(13)5-10/h2-5,8H,6-7H2,1H3,(H,14,15)(H,16,17). The van der Waals surface area contributed by atoms with Gasteiger partial charge in [0.15, 0.2) is 0 Å². The van der Waals surface area contributed by atoms with Gasteiger partial charge in [-0.15, -0.1) is 0 Å². The number of anilines is 1. The van der Waals surface area contributed by atoms with Gasteiger partial charge in [0, 0.05) is 27.3 Å². The summed E-state index contributed by atoms with van der Waals surface area (Å²) >= 11 is 5.76. The summed E-state index contributed by atoms with van der Waals surface area (Å²) in [5.41, 5.74) is 0.515. The highest BCUT2D eigenvalue weighted by Crippen LogP contribution is 2.14. The zero-order chi connectivity index (χ0) is 14.4. The molecule has 0 aromatic heterocycles. The van der Waals surface area contributed by atoms with E-state index < -0.39 is 28.6 Å². The van der Waals surface area contributed by atoms with Crippen LogP contribution in [0.3, 0.4) is 0 Å². The normalized spacial score (nSPS) is 13.6. The minimum absolute atomic E-state index is 0.0434. The second kappa shape index (κ2) is 7.25. The van der Waals surface area contributed by atoms with Gasteiger partial charge in [0.1, 0.15) is 5.75 Å². The van der Waals surface area contributed by atoms with Crippen molar-refractivity contribution in [3.63, 3.8) is 0 Å². The quantitative estimate of drug-likeness (QED) is 0.838. The zero-order valence-electron chi connectivity index (χ0n) is 10.3. The van der Waals surface area contributed by atoms with Crippen LogP contribution < -0.4 is 5.32 Å². The molecule has 1 aromatic carbocycles. The van der Waals surface area contributed by atoms with Gasteiger partial charge in [-0.3, -0.25) is 13.8 Å². The van der Waals surface area contributed by atoms with E-state index in [1.54, 1.807) is 24.3 Å². The summed E-state index contributed by atoms with van der Waals surface area (Å²) in [5.74, 6) is -2.47. The first kappa shape index (κ1) is 15.7. The molecule has 0 spiro atoms. The van der Waals surface area contributed by atoms with Crippen LogP contribution in [0.2, 0.25) is 5.02 Å². The maximum absolute atomic E-state index is 11.6. The predicted octanol–water partition coefficient (Wildman–Crippen LogP) is 1.75. The molecule has 0 aliphatic carbocycles. The lowest BCUT2D eigenvalue weighted by molar-refractivity contribution is -0.140. The van der Waals surface area contributed by atoms with Crippen LogP contribution in [0.25, 0.3) is 0 Å². The average Bonchev–Trinajstić information content (AvgIpc) is 2.27. The molecule has 7 heteroatoms. The Morgan fingerprint density at radius 2 is 2.16 bits per heavy atom. The molecule has 0 bridgehead atoms. The molecule has 1 aromatic rings. The highest BCUT2D eigenvalue weighted by atomic mass is 35.5. The summed E-state index contributed by atoms with van der Waals surface area (Å²) in [4.78, 5) is 22.2. The maximum Gasteiger partial charge on any atom is 0.307 e. The fraction of sp³-hybridized carbons (Fsp3) is 0.333. The Labute approximate surface area is 118 Å². The van der Waals surface area contributed by atoms with Gasteiger partial charge >= 0.3 is 5.97 Å². The highest BCUT2D eigenvalue weighted by Gasteiger charge is 2.17. The van der Waals surface area contributed by atoms with Crippen LogP contribution in [0, 0.1) is 5.92 Å². The third-order valence-corrected chi connectivity index (χ3v) is 3.95. The van der Waals surface area contributed by atoms with Crippen molar-refractivity contribution in [2.75, 3.05) is 16.8 Å². The van der Waals surface area contributed by atoms with Crippen molar-refractivity contribution in [3.8, 4) is 0 Å². The van der Waals surface area contributed by atoms with E-state index in [0.717, 1.165) is 0 Å². The predicted molar refractivity (Wildman–Crippen MR) is 74.8 cm³/mol. The SMILES string of the molecule is CC(CS(=O)CC(=O)Nc1cccc(Cl)c1)C(=O)O. The fourth-order valence-electron chi connectivity index (χ4n) is 1.32. The summed E-state index contributed by atoms with van der Waals surface area (Å²) in [6.07, 6.45) is 0. The Kier molecular flexibility index (Phi) is 5.98. The van der Waals surface area contributed by atoms with Crippen molar-refractivity contribution >= 4 is 40.0 Å². The Bertz CT molecular complexity index is 506. The van der Waals surface area contributed by atoms with E-state index in [-0.39, 0.29) is 11.5 Å². The zero-order valence-corrected chi connectivity index (χ0v) is 11.8. The number of amides is 1. The molecule has 19 heavy (non-hydrogen) atoms. The number of carbonyl (C=O) groups is 2. The van der Waals surface area contributed by atoms with E-state index in [9.17, 15) is 13.8 Å². The van der Waals surface area contributed by atoms with Crippen molar-refractivity contribution < 1.29 is 18.9 Å². The van der Waals surface area contributed by atoms with Gasteiger partial charge in [0.05, 0.1) is 5.92 Å². The molecule has 0 saturated carbocycles. The summed E-state index contributed by atoms with van der Waals surface area (Å²) < 4.78 is 11.6. The van der Waals surface area contributed by atoms with Crippen LogP contribution in [0.1, 0.15) is 6.92 Å². The monoisotopic (exact) mass is 303 g/mol. The van der Waals surface area contributed by atoms with Gasteiger partial charge in [-0.2, -0.15) is 0 Å². The van der Waals surface area contributed by atoms with Crippen molar-refractivity contribution in [2.24, 2.45) is 5.92 Å². The minimum Gasteiger partial charge on any atom is -0.481 e. The third-order valence-electron chi connectivity index (χ3n) is 2.26. The molecule has 1 amide bonds. The van der Waals surface area contributed by atoms with E-state index >= 15 is 0 Å². The fourth-order valence-corrected chi connectivity index (χ4v) is 2.69. The number of nitrogens with one attached hydrogen (secondary N) is 1. The molecule has 104 valence electrons. The van der Waals surface area contributed by atoms with Gasteiger partial charge in [-0.1, -0.05) is 24.6 Å². The maximum atomic E-state index is 11.6. The lowest BCUT2D eigenvalue weighted by atomic mass is 10.2. The number of hydrogen-bond donors (Lipinski definition) is 2. The van der Waals surface area contributed by atoms with Gasteiger partial charge in [0.2, 0.25) is 5.91 Å². The summed E-state index contributed by atoms with van der Waals surface area (Å²) in [6, 6.07) is 6.58. The topological polar surface area (TPSA) is 83.5 Å². The second-order valence-electron chi connectivity index (χ2n) is 4.05. The van der Waals surface area contributed by atoms with E-state index in [2.05, 4.69) is 5.32 Å². The first-order chi connectivity index (χ1) is 8.88. The third kappa shape index (κ3) is 5.85. The first-order valence-electron chi connectivity index (χ1n) is 5.51. The number of aliphatic carboxylic acids is 1. The van der Waals surface area contributed by atoms with E-state index in [1.165, 1.54) is 6.92 Å². The Morgan fingerprint density at radius 3 is 2.74 bits per heavy atom. The number of hydrogen-bond acceptors (Lipinski definition) is 3. The molecule has 0 saturated heterocycles. The number of carbonyl (C=O) groups excluding carboxylic acids is 1. The molecule has 0 heterocycles. The van der Waals surface area contributed by atoms with Crippen LogP contribution in [-0.2, 0) is 20.4 Å². The molecular formula is C12H14ClNO4S. The van der Waals surface area contributed by atoms with E-state index in [0.29, 0.717) is 10.7 Å². The molecule has 2 N–H and O–H groups in total. The molecule has 1 rings (SSSR count). The summed E-state index contributed by atoms with van der Waals surface area (Å²) in [6.45, 7) is 1.45. The van der Waals surface area contributed by atoms with Crippen LogP contribution in [0.15, 0.2) is 24.3 Å². The number of halogens is 1. The number of carboxylic acid groups (broad SMARTS) is 1. The van der Waals surface area contributed by atoms with Crippen LogP contribution in [0.4, 0.5) is 5.69 Å². The molecule has 2 atom stereocenters. The highest BCUT2D eigenvalue weighted by molar-refractivity contribution is 7.85. The van der Waals surface area contributed by atoms with Crippen LogP contribution in [0.5, 0.6) is 0 Å². The molecule has 0 aliphatic rings. The summed E-state index contributed by atoms with van der Waals surface area (Å²) in [5, 5.41) is 11.7. The lowest BCUT2D eigenvalue weighted by Crippen LogP contribution is -2.25. The first-order valence-corrected chi connectivity index (χ1v) is 7.38. The number of carboxylic acids is 1. The van der Waals surface area contributed by atoms with Gasteiger partial charge < -0.3 is 10.4 Å². The van der Waals surface area contributed by atoms with Crippen LogP contribution in [-0.4, -0.2) is 32.7 Å². The minimum atomic E-state index is -1.51. The molecule has 5 nitrogen and oxygen atoms in total. The second-order valence-corrected chi connectivity index (χ2v) is 5.99. The number of rotatable bonds is 6. The average molecular weight is 304 g/mol. The smallest absolute Gasteiger partial charge is 0.307 e. The molecular weight excluding hydrogens is 290 g/mol.